The molecule has 0 bridgehead atoms. The van der Waals surface area contributed by atoms with Gasteiger partial charge >= 0.3 is 0 Å². The first kappa shape index (κ1) is 24.3. The van der Waals surface area contributed by atoms with E-state index in [0.29, 0.717) is 16.5 Å². The van der Waals surface area contributed by atoms with Gasteiger partial charge in [0.25, 0.3) is 0 Å². The van der Waals surface area contributed by atoms with Gasteiger partial charge in [0.2, 0.25) is 5.91 Å². The lowest BCUT2D eigenvalue weighted by atomic mass is 9.66. The van der Waals surface area contributed by atoms with Gasteiger partial charge in [0.05, 0.1) is 23.6 Å². The minimum Gasteiger partial charge on any atom is -0.376 e. The number of halogens is 2. The molecular formula is C28H33Cl2NO2. The third kappa shape index (κ3) is 4.87. The Morgan fingerprint density at radius 3 is 2.55 bits per heavy atom. The summed E-state index contributed by atoms with van der Waals surface area (Å²) in [4.78, 5) is 16.4. The summed E-state index contributed by atoms with van der Waals surface area (Å²) in [5.74, 6) is 0.269. The maximum atomic E-state index is 14.3. The number of hydrogen-bond donors (Lipinski definition) is 0. The van der Waals surface area contributed by atoms with Crippen LogP contribution in [0.2, 0.25) is 10.0 Å². The van der Waals surface area contributed by atoms with E-state index in [9.17, 15) is 4.79 Å². The Labute approximate surface area is 207 Å². The SMILES string of the molecule is C=CC[C@@]1(C)C[C@H](c2cccc(Cl)c2)C(c2ccc(Cl)cc2)N(C(CC)C2CCCO2)C1=O. The molecule has 5 heteroatoms. The van der Waals surface area contributed by atoms with Crippen LogP contribution in [-0.2, 0) is 9.53 Å². The largest absolute Gasteiger partial charge is 0.376 e. The van der Waals surface area contributed by atoms with Crippen LogP contribution in [0.15, 0.2) is 61.2 Å². The molecule has 0 spiro atoms. The van der Waals surface area contributed by atoms with Crippen LogP contribution in [0.4, 0.5) is 0 Å². The average molecular weight is 486 g/mol. The summed E-state index contributed by atoms with van der Waals surface area (Å²) in [7, 11) is 0. The van der Waals surface area contributed by atoms with E-state index >= 15 is 0 Å². The van der Waals surface area contributed by atoms with Gasteiger partial charge in [0, 0.05) is 22.6 Å². The van der Waals surface area contributed by atoms with E-state index < -0.39 is 5.41 Å². The molecule has 0 saturated carbocycles. The van der Waals surface area contributed by atoms with Crippen LogP contribution in [0, 0.1) is 5.41 Å². The lowest BCUT2D eigenvalue weighted by Gasteiger charge is -2.53. The molecule has 0 aliphatic carbocycles. The predicted molar refractivity (Wildman–Crippen MR) is 136 cm³/mol. The van der Waals surface area contributed by atoms with Gasteiger partial charge in [-0.1, -0.05) is 67.4 Å². The summed E-state index contributed by atoms with van der Waals surface area (Å²) >= 11 is 12.7. The van der Waals surface area contributed by atoms with Crippen molar-refractivity contribution in [2.24, 2.45) is 5.41 Å². The molecule has 2 heterocycles. The van der Waals surface area contributed by atoms with E-state index in [0.717, 1.165) is 43.4 Å². The summed E-state index contributed by atoms with van der Waals surface area (Å²) in [5.41, 5.74) is 1.70. The quantitative estimate of drug-likeness (QED) is 0.378. The Bertz CT molecular complexity index is 986. The van der Waals surface area contributed by atoms with Gasteiger partial charge in [0.15, 0.2) is 0 Å². The topological polar surface area (TPSA) is 29.5 Å². The Hall–Kier alpha value is -1.81. The van der Waals surface area contributed by atoms with Crippen molar-refractivity contribution in [2.45, 2.75) is 70.1 Å². The van der Waals surface area contributed by atoms with Crippen LogP contribution in [0.5, 0.6) is 0 Å². The minimum atomic E-state index is -0.538. The third-order valence-corrected chi connectivity index (χ3v) is 7.84. The van der Waals surface area contributed by atoms with Gasteiger partial charge in [-0.2, -0.15) is 0 Å². The number of ether oxygens (including phenoxy) is 1. The molecule has 2 aromatic carbocycles. The number of likely N-dealkylation sites (tertiary alicyclic amines) is 1. The Morgan fingerprint density at radius 2 is 1.94 bits per heavy atom. The fourth-order valence-electron chi connectivity index (χ4n) is 5.80. The second-order valence-electron chi connectivity index (χ2n) is 9.65. The first-order valence-corrected chi connectivity index (χ1v) is 12.7. The highest BCUT2D eigenvalue weighted by Crippen LogP contribution is 2.52. The van der Waals surface area contributed by atoms with Gasteiger partial charge < -0.3 is 9.64 Å². The second kappa shape index (κ2) is 10.2. The van der Waals surface area contributed by atoms with Crippen LogP contribution in [0.1, 0.15) is 69.0 Å². The summed E-state index contributed by atoms with van der Waals surface area (Å²) in [6, 6.07) is 15.9. The van der Waals surface area contributed by atoms with Crippen molar-refractivity contribution in [1.29, 1.82) is 0 Å². The van der Waals surface area contributed by atoms with Crippen molar-refractivity contribution in [2.75, 3.05) is 6.61 Å². The van der Waals surface area contributed by atoms with E-state index in [-0.39, 0.29) is 30.0 Å². The zero-order valence-electron chi connectivity index (χ0n) is 19.5. The molecule has 4 rings (SSSR count). The fourth-order valence-corrected chi connectivity index (χ4v) is 6.12. The van der Waals surface area contributed by atoms with Crippen molar-refractivity contribution >= 4 is 29.1 Å². The number of carbonyl (C=O) groups excluding carboxylic acids is 1. The molecule has 3 nitrogen and oxygen atoms in total. The van der Waals surface area contributed by atoms with Crippen molar-refractivity contribution in [3.63, 3.8) is 0 Å². The Balaban J connectivity index is 1.89. The number of carbonyl (C=O) groups is 1. The molecule has 0 N–H and O–H groups in total. The molecule has 2 aliphatic rings. The number of hydrogen-bond acceptors (Lipinski definition) is 2. The molecule has 2 aliphatic heterocycles. The molecular weight excluding hydrogens is 453 g/mol. The molecule has 0 aromatic heterocycles. The summed E-state index contributed by atoms with van der Waals surface area (Å²) in [5, 5.41) is 1.40. The molecule has 2 fully saturated rings. The summed E-state index contributed by atoms with van der Waals surface area (Å²) < 4.78 is 6.14. The molecule has 5 atom stereocenters. The lowest BCUT2D eigenvalue weighted by Crippen LogP contribution is -2.58. The standard InChI is InChI=1S/C28H33Cl2NO2/c1-4-15-28(3)18-23(20-8-6-9-22(30)17-20)26(19-11-13-21(29)14-12-19)31(27(28)32)24(5-2)25-10-7-16-33-25/h4,6,8-9,11-14,17,23-26H,1,5,7,10,15-16,18H2,2-3H3/t23-,24?,25?,26?,28+/m1/s1. The van der Waals surface area contributed by atoms with Crippen molar-refractivity contribution in [3.8, 4) is 0 Å². The van der Waals surface area contributed by atoms with E-state index in [1.54, 1.807) is 0 Å². The highest BCUT2D eigenvalue weighted by atomic mass is 35.5. The molecule has 1 amide bonds. The van der Waals surface area contributed by atoms with Gasteiger partial charge in [-0.05, 0) is 67.5 Å². The first-order chi connectivity index (χ1) is 15.9. The molecule has 33 heavy (non-hydrogen) atoms. The smallest absolute Gasteiger partial charge is 0.229 e. The molecule has 3 unspecified atom stereocenters. The zero-order valence-corrected chi connectivity index (χ0v) is 21.0. The van der Waals surface area contributed by atoms with E-state index in [4.69, 9.17) is 27.9 Å². The van der Waals surface area contributed by atoms with Crippen LogP contribution in [0.25, 0.3) is 0 Å². The number of allylic oxidation sites excluding steroid dienone is 1. The lowest BCUT2D eigenvalue weighted by molar-refractivity contribution is -0.158. The van der Waals surface area contributed by atoms with Crippen LogP contribution >= 0.6 is 23.2 Å². The second-order valence-corrected chi connectivity index (χ2v) is 10.5. The summed E-state index contributed by atoms with van der Waals surface area (Å²) in [6.45, 7) is 8.97. The van der Waals surface area contributed by atoms with Crippen LogP contribution < -0.4 is 0 Å². The molecule has 2 saturated heterocycles. The Morgan fingerprint density at radius 1 is 1.18 bits per heavy atom. The van der Waals surface area contributed by atoms with Gasteiger partial charge in [-0.25, -0.2) is 0 Å². The van der Waals surface area contributed by atoms with Gasteiger partial charge in [-0.15, -0.1) is 6.58 Å². The maximum absolute atomic E-state index is 14.3. The van der Waals surface area contributed by atoms with Crippen molar-refractivity contribution in [3.05, 3.63) is 82.4 Å². The number of nitrogens with zero attached hydrogens (tertiary/aromatic N) is 1. The van der Waals surface area contributed by atoms with Gasteiger partial charge in [-0.3, -0.25) is 4.79 Å². The Kier molecular flexibility index (Phi) is 7.53. The fraction of sp³-hybridized carbons (Fsp3) is 0.464. The zero-order chi connectivity index (χ0) is 23.6. The molecule has 2 aromatic rings. The monoisotopic (exact) mass is 485 g/mol. The highest BCUT2D eigenvalue weighted by molar-refractivity contribution is 6.30. The van der Waals surface area contributed by atoms with Crippen molar-refractivity contribution in [1.82, 2.24) is 4.90 Å². The maximum Gasteiger partial charge on any atom is 0.229 e. The third-order valence-electron chi connectivity index (χ3n) is 7.35. The number of rotatable bonds is 7. The highest BCUT2D eigenvalue weighted by Gasteiger charge is 2.52. The number of benzene rings is 2. The predicted octanol–water partition coefficient (Wildman–Crippen LogP) is 7.59. The van der Waals surface area contributed by atoms with E-state index in [1.807, 2.05) is 36.4 Å². The number of piperidine rings is 1. The van der Waals surface area contributed by atoms with E-state index in [1.165, 1.54) is 0 Å². The van der Waals surface area contributed by atoms with Crippen LogP contribution in [0.3, 0.4) is 0 Å². The summed E-state index contributed by atoms with van der Waals surface area (Å²) in [6.07, 6.45) is 6.15. The van der Waals surface area contributed by atoms with Crippen molar-refractivity contribution < 1.29 is 9.53 Å². The average Bonchev–Trinajstić information content (AvgIpc) is 3.33. The molecule has 176 valence electrons. The molecule has 0 radical (unpaired) electrons. The first-order valence-electron chi connectivity index (χ1n) is 11.9. The minimum absolute atomic E-state index is 0.00630. The van der Waals surface area contributed by atoms with Crippen LogP contribution in [-0.4, -0.2) is 29.6 Å². The van der Waals surface area contributed by atoms with Gasteiger partial charge in [0.1, 0.15) is 0 Å². The van der Waals surface area contributed by atoms with E-state index in [2.05, 4.69) is 43.5 Å². The number of amides is 1. The normalized spacial score (nSPS) is 28.7.